The number of pyridine rings is 1. The molecule has 118 valence electrons. The number of aromatic nitrogens is 5. The smallest absolute Gasteiger partial charge is 0.254 e. The van der Waals surface area contributed by atoms with Gasteiger partial charge in [-0.25, -0.2) is 9.97 Å². The quantitative estimate of drug-likeness (QED) is 0.714. The molecule has 0 aliphatic carbocycles. The molecule has 1 fully saturated rings. The van der Waals surface area contributed by atoms with E-state index < -0.39 is 0 Å². The van der Waals surface area contributed by atoms with Crippen LogP contribution < -0.4 is 9.80 Å². The average Bonchev–Trinajstić information content (AvgIpc) is 3.05. The molecule has 3 aromatic heterocycles. The summed E-state index contributed by atoms with van der Waals surface area (Å²) in [7, 11) is 0. The van der Waals surface area contributed by atoms with E-state index in [1.807, 2.05) is 29.8 Å². The topological polar surface area (TPSA) is 62.5 Å². The molecule has 7 nitrogen and oxygen atoms in total. The van der Waals surface area contributed by atoms with E-state index in [1.54, 1.807) is 6.33 Å². The normalized spacial score (nSPS) is 15.4. The number of aryl methyl sites for hydroxylation is 1. The Morgan fingerprint density at radius 3 is 2.48 bits per heavy atom. The molecule has 7 heteroatoms. The standard InChI is InChI=1S/C16H19N7/c1-12-13(2)20-16-18-11-19-23(16)15(12)22-9-7-21(8-10-22)14-5-3-4-6-17-14/h3-6,11H,7-10H2,1-2H3. The highest BCUT2D eigenvalue weighted by molar-refractivity contribution is 5.55. The molecule has 0 bridgehead atoms. The fourth-order valence-corrected chi connectivity index (χ4v) is 3.07. The Morgan fingerprint density at radius 2 is 1.74 bits per heavy atom. The third-order valence-electron chi connectivity index (χ3n) is 4.43. The molecular formula is C16H19N7. The van der Waals surface area contributed by atoms with Crippen molar-refractivity contribution in [2.24, 2.45) is 0 Å². The van der Waals surface area contributed by atoms with E-state index in [0.29, 0.717) is 5.78 Å². The lowest BCUT2D eigenvalue weighted by molar-refractivity contribution is 0.631. The van der Waals surface area contributed by atoms with Gasteiger partial charge in [0.05, 0.1) is 0 Å². The van der Waals surface area contributed by atoms with E-state index in [-0.39, 0.29) is 0 Å². The summed E-state index contributed by atoms with van der Waals surface area (Å²) >= 11 is 0. The minimum atomic E-state index is 0.662. The fraction of sp³-hybridized carbons (Fsp3) is 0.375. The number of anilines is 2. The van der Waals surface area contributed by atoms with Crippen LogP contribution in [0.2, 0.25) is 0 Å². The molecule has 0 atom stereocenters. The molecule has 4 rings (SSSR count). The summed E-state index contributed by atoms with van der Waals surface area (Å²) in [6, 6.07) is 6.04. The lowest BCUT2D eigenvalue weighted by atomic mass is 10.2. The Kier molecular flexibility index (Phi) is 3.33. The van der Waals surface area contributed by atoms with Gasteiger partial charge in [0.15, 0.2) is 0 Å². The summed E-state index contributed by atoms with van der Waals surface area (Å²) < 4.78 is 1.85. The van der Waals surface area contributed by atoms with Crippen LogP contribution in [-0.4, -0.2) is 50.7 Å². The zero-order chi connectivity index (χ0) is 15.8. The van der Waals surface area contributed by atoms with Gasteiger partial charge in [-0.05, 0) is 26.0 Å². The van der Waals surface area contributed by atoms with Crippen molar-refractivity contribution in [3.05, 3.63) is 42.0 Å². The first-order valence-corrected chi connectivity index (χ1v) is 7.82. The maximum absolute atomic E-state index is 4.50. The first-order chi connectivity index (χ1) is 11.2. The van der Waals surface area contributed by atoms with Crippen molar-refractivity contribution in [2.45, 2.75) is 13.8 Å². The third-order valence-corrected chi connectivity index (χ3v) is 4.43. The van der Waals surface area contributed by atoms with Gasteiger partial charge in [0, 0.05) is 43.6 Å². The molecule has 3 aromatic rings. The van der Waals surface area contributed by atoms with Crippen molar-refractivity contribution in [3.63, 3.8) is 0 Å². The van der Waals surface area contributed by atoms with E-state index in [9.17, 15) is 0 Å². The Balaban J connectivity index is 1.62. The van der Waals surface area contributed by atoms with Gasteiger partial charge in [-0.15, -0.1) is 0 Å². The molecule has 0 radical (unpaired) electrons. The summed E-state index contributed by atoms with van der Waals surface area (Å²) in [5.74, 6) is 2.81. The molecule has 1 aliphatic rings. The Bertz CT molecular complexity index is 819. The van der Waals surface area contributed by atoms with E-state index in [0.717, 1.165) is 49.1 Å². The molecule has 0 N–H and O–H groups in total. The predicted octanol–water partition coefficient (Wildman–Crippen LogP) is 1.46. The Morgan fingerprint density at radius 1 is 0.957 bits per heavy atom. The summed E-state index contributed by atoms with van der Waals surface area (Å²) in [6.45, 7) is 7.86. The van der Waals surface area contributed by atoms with Crippen molar-refractivity contribution in [3.8, 4) is 0 Å². The minimum Gasteiger partial charge on any atom is -0.353 e. The van der Waals surface area contributed by atoms with Gasteiger partial charge >= 0.3 is 0 Å². The van der Waals surface area contributed by atoms with E-state index in [2.05, 4.69) is 42.8 Å². The van der Waals surface area contributed by atoms with Crippen molar-refractivity contribution in [2.75, 3.05) is 36.0 Å². The van der Waals surface area contributed by atoms with Crippen LogP contribution in [0.3, 0.4) is 0 Å². The maximum Gasteiger partial charge on any atom is 0.254 e. The molecule has 23 heavy (non-hydrogen) atoms. The van der Waals surface area contributed by atoms with E-state index >= 15 is 0 Å². The molecular weight excluding hydrogens is 290 g/mol. The van der Waals surface area contributed by atoms with E-state index in [4.69, 9.17) is 0 Å². The lowest BCUT2D eigenvalue weighted by Crippen LogP contribution is -2.47. The lowest BCUT2D eigenvalue weighted by Gasteiger charge is -2.37. The average molecular weight is 309 g/mol. The number of hydrogen-bond acceptors (Lipinski definition) is 6. The third kappa shape index (κ3) is 2.38. The second kappa shape index (κ2) is 5.49. The molecule has 0 aromatic carbocycles. The largest absolute Gasteiger partial charge is 0.353 e. The number of nitrogens with zero attached hydrogens (tertiary/aromatic N) is 7. The van der Waals surface area contributed by atoms with Crippen LogP contribution in [-0.2, 0) is 0 Å². The van der Waals surface area contributed by atoms with Gasteiger partial charge in [0.25, 0.3) is 5.78 Å². The first-order valence-electron chi connectivity index (χ1n) is 7.82. The van der Waals surface area contributed by atoms with Crippen molar-refractivity contribution in [1.29, 1.82) is 0 Å². The Labute approximate surface area is 134 Å². The number of fused-ring (bicyclic) bond motifs is 1. The van der Waals surface area contributed by atoms with Gasteiger partial charge in [-0.3, -0.25) is 0 Å². The highest BCUT2D eigenvalue weighted by Gasteiger charge is 2.23. The van der Waals surface area contributed by atoms with Crippen LogP contribution in [0.1, 0.15) is 11.3 Å². The van der Waals surface area contributed by atoms with Crippen LogP contribution in [0.4, 0.5) is 11.6 Å². The number of rotatable bonds is 2. The van der Waals surface area contributed by atoms with Crippen LogP contribution in [0.15, 0.2) is 30.7 Å². The highest BCUT2D eigenvalue weighted by Crippen LogP contribution is 2.24. The second-order valence-corrected chi connectivity index (χ2v) is 5.78. The molecule has 4 heterocycles. The predicted molar refractivity (Wildman–Crippen MR) is 88.9 cm³/mol. The van der Waals surface area contributed by atoms with Crippen molar-refractivity contribution >= 4 is 17.4 Å². The van der Waals surface area contributed by atoms with Gasteiger partial charge in [0.1, 0.15) is 18.0 Å². The SMILES string of the molecule is Cc1nc2ncnn2c(N2CCN(c3ccccn3)CC2)c1C. The van der Waals surface area contributed by atoms with Crippen molar-refractivity contribution in [1.82, 2.24) is 24.6 Å². The number of hydrogen-bond donors (Lipinski definition) is 0. The van der Waals surface area contributed by atoms with Crippen molar-refractivity contribution < 1.29 is 0 Å². The fourth-order valence-electron chi connectivity index (χ4n) is 3.07. The van der Waals surface area contributed by atoms with Crippen LogP contribution in [0.25, 0.3) is 5.78 Å². The summed E-state index contributed by atoms with van der Waals surface area (Å²) in [4.78, 5) is 17.9. The second-order valence-electron chi connectivity index (χ2n) is 5.78. The van der Waals surface area contributed by atoms with Crippen LogP contribution >= 0.6 is 0 Å². The van der Waals surface area contributed by atoms with Gasteiger partial charge in [-0.1, -0.05) is 6.07 Å². The van der Waals surface area contributed by atoms with Gasteiger partial charge in [-0.2, -0.15) is 14.6 Å². The monoisotopic (exact) mass is 309 g/mol. The Hall–Kier alpha value is -2.70. The molecule has 0 unspecified atom stereocenters. The van der Waals surface area contributed by atoms with E-state index in [1.165, 1.54) is 0 Å². The minimum absolute atomic E-state index is 0.662. The molecule has 0 saturated carbocycles. The van der Waals surface area contributed by atoms with Gasteiger partial charge in [0.2, 0.25) is 0 Å². The van der Waals surface area contributed by atoms with Crippen LogP contribution in [0.5, 0.6) is 0 Å². The molecule has 0 spiro atoms. The van der Waals surface area contributed by atoms with Gasteiger partial charge < -0.3 is 9.80 Å². The zero-order valence-corrected chi connectivity index (χ0v) is 13.3. The molecule has 1 aliphatic heterocycles. The van der Waals surface area contributed by atoms with Crippen LogP contribution in [0, 0.1) is 13.8 Å². The maximum atomic E-state index is 4.50. The summed E-state index contributed by atoms with van der Waals surface area (Å²) in [5, 5.41) is 4.35. The zero-order valence-electron chi connectivity index (χ0n) is 13.3. The summed E-state index contributed by atoms with van der Waals surface area (Å²) in [5.41, 5.74) is 2.17. The summed E-state index contributed by atoms with van der Waals surface area (Å²) in [6.07, 6.45) is 3.41. The number of piperazine rings is 1. The molecule has 1 saturated heterocycles. The molecule has 0 amide bonds. The highest BCUT2D eigenvalue weighted by atomic mass is 15.4. The first kappa shape index (κ1) is 13.9.